The van der Waals surface area contributed by atoms with E-state index in [-0.39, 0.29) is 0 Å². The van der Waals surface area contributed by atoms with Gasteiger partial charge in [0.15, 0.2) is 0 Å². The molecule has 0 fully saturated rings. The maximum Gasteiger partial charge on any atom is 0.129 e. The minimum atomic E-state index is 0.528. The van der Waals surface area contributed by atoms with Gasteiger partial charge in [-0.2, -0.15) is 0 Å². The first-order valence-corrected chi connectivity index (χ1v) is 4.11. The van der Waals surface area contributed by atoms with Gasteiger partial charge in [0.25, 0.3) is 0 Å². The van der Waals surface area contributed by atoms with Crippen molar-refractivity contribution in [3.8, 4) is 0 Å². The molecule has 1 nitrogen and oxygen atoms in total. The second-order valence-electron chi connectivity index (χ2n) is 3.02. The molecule has 0 saturated heterocycles. The molecule has 60 valence electrons. The molecule has 0 amide bonds. The lowest BCUT2D eigenvalue weighted by atomic mass is 10.0. The van der Waals surface area contributed by atoms with Crippen LogP contribution in [-0.4, -0.2) is 4.98 Å². The Labute approximate surface area is 72.4 Å². The molecule has 11 heavy (non-hydrogen) atoms. The van der Waals surface area contributed by atoms with E-state index in [1.807, 2.05) is 12.3 Å². The molecule has 1 aromatic heterocycles. The van der Waals surface area contributed by atoms with Gasteiger partial charge in [0.2, 0.25) is 0 Å². The van der Waals surface area contributed by atoms with E-state index in [0.717, 1.165) is 0 Å². The van der Waals surface area contributed by atoms with Gasteiger partial charge in [0, 0.05) is 6.20 Å². The van der Waals surface area contributed by atoms with Gasteiger partial charge in [-0.15, -0.1) is 0 Å². The minimum absolute atomic E-state index is 0.528. The van der Waals surface area contributed by atoms with Crippen LogP contribution >= 0.6 is 11.6 Å². The van der Waals surface area contributed by atoms with Crippen LogP contribution in [0.15, 0.2) is 12.3 Å². The predicted molar refractivity (Wildman–Crippen MR) is 48.1 cm³/mol. The van der Waals surface area contributed by atoms with Crippen LogP contribution in [0.4, 0.5) is 0 Å². The van der Waals surface area contributed by atoms with Gasteiger partial charge >= 0.3 is 0 Å². The predicted octanol–water partition coefficient (Wildman–Crippen LogP) is 3.17. The fourth-order valence-electron chi connectivity index (χ4n) is 1.14. The summed E-state index contributed by atoms with van der Waals surface area (Å²) in [4.78, 5) is 4.03. The molecule has 0 aromatic carbocycles. The molecule has 1 rings (SSSR count). The SMILES string of the molecule is Cc1cc(Cl)ncc1C(C)C. The van der Waals surface area contributed by atoms with E-state index in [0.29, 0.717) is 11.1 Å². The average molecular weight is 170 g/mol. The zero-order chi connectivity index (χ0) is 8.43. The number of halogens is 1. The maximum atomic E-state index is 5.71. The summed E-state index contributed by atoms with van der Waals surface area (Å²) in [6.45, 7) is 6.36. The van der Waals surface area contributed by atoms with Crippen molar-refractivity contribution in [1.82, 2.24) is 4.98 Å². The first-order chi connectivity index (χ1) is 5.11. The van der Waals surface area contributed by atoms with Crippen LogP contribution in [-0.2, 0) is 0 Å². The monoisotopic (exact) mass is 169 g/mol. The summed E-state index contributed by atoms with van der Waals surface area (Å²) in [5.74, 6) is 0.528. The van der Waals surface area contributed by atoms with E-state index in [9.17, 15) is 0 Å². The number of aryl methyl sites for hydroxylation is 1. The molecule has 0 radical (unpaired) electrons. The molecule has 0 saturated carbocycles. The summed E-state index contributed by atoms with van der Waals surface area (Å²) in [5.41, 5.74) is 2.49. The Kier molecular flexibility index (Phi) is 2.50. The maximum absolute atomic E-state index is 5.71. The number of aromatic nitrogens is 1. The highest BCUT2D eigenvalue weighted by atomic mass is 35.5. The highest BCUT2D eigenvalue weighted by Gasteiger charge is 2.03. The van der Waals surface area contributed by atoms with E-state index < -0.39 is 0 Å². The highest BCUT2D eigenvalue weighted by molar-refractivity contribution is 6.29. The van der Waals surface area contributed by atoms with Crippen LogP contribution in [0, 0.1) is 6.92 Å². The second-order valence-corrected chi connectivity index (χ2v) is 3.41. The number of hydrogen-bond donors (Lipinski definition) is 0. The van der Waals surface area contributed by atoms with Crippen molar-refractivity contribution >= 4 is 11.6 Å². The topological polar surface area (TPSA) is 12.9 Å². The fraction of sp³-hybridized carbons (Fsp3) is 0.444. The van der Waals surface area contributed by atoms with Gasteiger partial charge in [-0.1, -0.05) is 25.4 Å². The van der Waals surface area contributed by atoms with Gasteiger partial charge in [-0.3, -0.25) is 0 Å². The summed E-state index contributed by atoms with van der Waals surface area (Å²) in [6.07, 6.45) is 1.85. The van der Waals surface area contributed by atoms with Gasteiger partial charge < -0.3 is 0 Å². The number of nitrogens with zero attached hydrogens (tertiary/aromatic N) is 1. The van der Waals surface area contributed by atoms with Crippen molar-refractivity contribution in [2.24, 2.45) is 0 Å². The van der Waals surface area contributed by atoms with E-state index in [4.69, 9.17) is 11.6 Å². The Morgan fingerprint density at radius 1 is 1.45 bits per heavy atom. The van der Waals surface area contributed by atoms with Crippen molar-refractivity contribution in [2.45, 2.75) is 26.7 Å². The van der Waals surface area contributed by atoms with Crippen molar-refractivity contribution in [2.75, 3.05) is 0 Å². The van der Waals surface area contributed by atoms with E-state index in [1.54, 1.807) is 0 Å². The Morgan fingerprint density at radius 3 is 2.55 bits per heavy atom. The summed E-state index contributed by atoms with van der Waals surface area (Å²) < 4.78 is 0. The molecule has 0 unspecified atom stereocenters. The van der Waals surface area contributed by atoms with E-state index >= 15 is 0 Å². The molecule has 1 aromatic rings. The Balaban J connectivity index is 3.09. The van der Waals surface area contributed by atoms with E-state index in [2.05, 4.69) is 25.8 Å². The lowest BCUT2D eigenvalue weighted by Crippen LogP contribution is -1.92. The normalized spacial score (nSPS) is 10.6. The average Bonchev–Trinajstić information content (AvgIpc) is 1.85. The third-order valence-electron chi connectivity index (χ3n) is 1.74. The number of hydrogen-bond acceptors (Lipinski definition) is 1. The Morgan fingerprint density at radius 2 is 2.09 bits per heavy atom. The molecular weight excluding hydrogens is 158 g/mol. The number of pyridine rings is 1. The van der Waals surface area contributed by atoms with Crippen LogP contribution in [0.2, 0.25) is 5.15 Å². The molecule has 0 aliphatic carbocycles. The van der Waals surface area contributed by atoms with Crippen LogP contribution in [0.1, 0.15) is 30.9 Å². The minimum Gasteiger partial charge on any atom is -0.244 e. The number of rotatable bonds is 1. The van der Waals surface area contributed by atoms with Gasteiger partial charge in [0.05, 0.1) is 0 Å². The van der Waals surface area contributed by atoms with Gasteiger partial charge in [-0.25, -0.2) is 4.98 Å². The lowest BCUT2D eigenvalue weighted by molar-refractivity contribution is 0.847. The molecule has 1 heterocycles. The van der Waals surface area contributed by atoms with Crippen molar-refractivity contribution in [1.29, 1.82) is 0 Å². The van der Waals surface area contributed by atoms with E-state index in [1.165, 1.54) is 11.1 Å². The van der Waals surface area contributed by atoms with Crippen LogP contribution < -0.4 is 0 Å². The lowest BCUT2D eigenvalue weighted by Gasteiger charge is -2.07. The third kappa shape index (κ3) is 1.93. The molecular formula is C9H12ClN. The first kappa shape index (κ1) is 8.54. The van der Waals surface area contributed by atoms with Crippen molar-refractivity contribution in [3.63, 3.8) is 0 Å². The third-order valence-corrected chi connectivity index (χ3v) is 1.95. The summed E-state index contributed by atoms with van der Waals surface area (Å²) in [5, 5.41) is 0.576. The van der Waals surface area contributed by atoms with Crippen molar-refractivity contribution in [3.05, 3.63) is 28.5 Å². The summed E-state index contributed by atoms with van der Waals surface area (Å²) in [7, 11) is 0. The quantitative estimate of drug-likeness (QED) is 0.589. The van der Waals surface area contributed by atoms with Crippen LogP contribution in [0.5, 0.6) is 0 Å². The van der Waals surface area contributed by atoms with Crippen LogP contribution in [0.25, 0.3) is 0 Å². The largest absolute Gasteiger partial charge is 0.244 e. The zero-order valence-electron chi connectivity index (χ0n) is 7.06. The second kappa shape index (κ2) is 3.22. The fourth-order valence-corrected chi connectivity index (χ4v) is 1.35. The van der Waals surface area contributed by atoms with Crippen LogP contribution in [0.3, 0.4) is 0 Å². The summed E-state index contributed by atoms with van der Waals surface area (Å²) in [6, 6.07) is 1.90. The molecule has 0 spiro atoms. The Hall–Kier alpha value is -0.560. The molecule has 0 atom stereocenters. The molecule has 0 bridgehead atoms. The highest BCUT2D eigenvalue weighted by Crippen LogP contribution is 2.19. The summed E-state index contributed by atoms with van der Waals surface area (Å²) >= 11 is 5.71. The molecule has 0 aliphatic heterocycles. The standard InChI is InChI=1S/C9H12ClN/c1-6(2)8-5-11-9(10)4-7(8)3/h4-6H,1-3H3. The first-order valence-electron chi connectivity index (χ1n) is 3.73. The van der Waals surface area contributed by atoms with Gasteiger partial charge in [0.1, 0.15) is 5.15 Å². The molecule has 2 heteroatoms. The molecule has 0 aliphatic rings. The van der Waals surface area contributed by atoms with Gasteiger partial charge in [-0.05, 0) is 30.0 Å². The Bertz CT molecular complexity index is 256. The van der Waals surface area contributed by atoms with Crippen molar-refractivity contribution < 1.29 is 0 Å². The zero-order valence-corrected chi connectivity index (χ0v) is 7.81. The smallest absolute Gasteiger partial charge is 0.129 e. The molecule has 0 N–H and O–H groups in total.